The number of rotatable bonds is 4. The molecule has 0 radical (unpaired) electrons. The van der Waals surface area contributed by atoms with E-state index in [0.717, 1.165) is 11.3 Å². The van der Waals surface area contributed by atoms with Gasteiger partial charge in [0.05, 0.1) is 11.3 Å². The van der Waals surface area contributed by atoms with Gasteiger partial charge in [0.1, 0.15) is 29.1 Å². The van der Waals surface area contributed by atoms with Gasteiger partial charge in [-0.15, -0.1) is 5.11 Å². The molecular formula is C21H14N4O. The molecule has 0 aliphatic heterocycles. The Labute approximate surface area is 151 Å². The van der Waals surface area contributed by atoms with E-state index in [1.165, 1.54) is 0 Å². The van der Waals surface area contributed by atoms with Crippen molar-refractivity contribution in [1.82, 2.24) is 0 Å². The van der Waals surface area contributed by atoms with E-state index in [4.69, 9.17) is 10.00 Å². The Balaban J connectivity index is 1.99. The number of nitrogens with zero attached hydrogens (tertiary/aromatic N) is 4. The Morgan fingerprint density at radius 1 is 0.808 bits per heavy atom. The van der Waals surface area contributed by atoms with Gasteiger partial charge >= 0.3 is 0 Å². The van der Waals surface area contributed by atoms with E-state index in [-0.39, 0.29) is 11.1 Å². The summed E-state index contributed by atoms with van der Waals surface area (Å²) in [6.07, 6.45) is 0. The van der Waals surface area contributed by atoms with Crippen molar-refractivity contribution >= 4 is 11.4 Å². The maximum atomic E-state index is 9.35. The minimum Gasteiger partial charge on any atom is -0.454 e. The number of ether oxygens (including phenoxy) is 1. The lowest BCUT2D eigenvalue weighted by molar-refractivity contribution is 0.481. The van der Waals surface area contributed by atoms with Gasteiger partial charge in [-0.2, -0.15) is 15.6 Å². The summed E-state index contributed by atoms with van der Waals surface area (Å²) in [7, 11) is 0. The lowest BCUT2D eigenvalue weighted by Crippen LogP contribution is -1.92. The fourth-order valence-corrected chi connectivity index (χ4v) is 2.34. The van der Waals surface area contributed by atoms with Gasteiger partial charge in [-0.05, 0) is 48.9 Å². The molecule has 124 valence electrons. The van der Waals surface area contributed by atoms with Crippen LogP contribution in [0.4, 0.5) is 11.4 Å². The van der Waals surface area contributed by atoms with Crippen LogP contribution >= 0.6 is 0 Å². The summed E-state index contributed by atoms with van der Waals surface area (Å²) in [6.45, 7) is 1.95. The summed E-state index contributed by atoms with van der Waals surface area (Å²) >= 11 is 0. The Hall–Kier alpha value is -3.96. The lowest BCUT2D eigenvalue weighted by atomic mass is 10.1. The summed E-state index contributed by atoms with van der Waals surface area (Å²) in [5.74, 6) is 0.772. The van der Waals surface area contributed by atoms with Gasteiger partial charge in [-0.1, -0.05) is 30.3 Å². The molecule has 26 heavy (non-hydrogen) atoms. The molecule has 3 aromatic rings. The third kappa shape index (κ3) is 3.75. The van der Waals surface area contributed by atoms with Gasteiger partial charge in [-0.25, -0.2) is 0 Å². The highest BCUT2D eigenvalue weighted by molar-refractivity contribution is 5.59. The van der Waals surface area contributed by atoms with Crippen LogP contribution in [0.1, 0.15) is 16.7 Å². The molecule has 5 nitrogen and oxygen atoms in total. The van der Waals surface area contributed by atoms with E-state index in [2.05, 4.69) is 10.2 Å². The molecule has 0 bridgehead atoms. The standard InChI is InChI=1S/C21H14N4O/c1-15-10-11-21(19(12-15)25-24-17-7-3-2-4-8-17)26-20-9-5-6-16(13-22)18(20)14-23/h2-12H,1H3. The smallest absolute Gasteiger partial charge is 0.155 e. The molecule has 0 spiro atoms. The van der Waals surface area contributed by atoms with E-state index >= 15 is 0 Å². The second-order valence-electron chi connectivity index (χ2n) is 5.51. The monoisotopic (exact) mass is 338 g/mol. The molecule has 0 fully saturated rings. The Kier molecular flexibility index (Phi) is 5.03. The number of benzene rings is 3. The average molecular weight is 338 g/mol. The van der Waals surface area contributed by atoms with Gasteiger partial charge < -0.3 is 4.74 Å². The molecule has 3 rings (SSSR count). The number of nitriles is 2. The second kappa shape index (κ2) is 7.74. The van der Waals surface area contributed by atoms with Crippen LogP contribution in [-0.2, 0) is 0 Å². The van der Waals surface area contributed by atoms with Crippen LogP contribution in [0.3, 0.4) is 0 Å². The fraction of sp³-hybridized carbons (Fsp3) is 0.0476. The highest BCUT2D eigenvalue weighted by atomic mass is 16.5. The van der Waals surface area contributed by atoms with Crippen LogP contribution in [0.25, 0.3) is 0 Å². The second-order valence-corrected chi connectivity index (χ2v) is 5.51. The first-order valence-electron chi connectivity index (χ1n) is 7.90. The highest BCUT2D eigenvalue weighted by Crippen LogP contribution is 2.35. The topological polar surface area (TPSA) is 81.5 Å². The molecule has 5 heteroatoms. The quantitative estimate of drug-likeness (QED) is 0.551. The van der Waals surface area contributed by atoms with Crippen molar-refractivity contribution in [3.8, 4) is 23.6 Å². The van der Waals surface area contributed by atoms with Crippen LogP contribution < -0.4 is 4.74 Å². The van der Waals surface area contributed by atoms with Crippen molar-refractivity contribution in [2.45, 2.75) is 6.92 Å². The Morgan fingerprint density at radius 2 is 1.62 bits per heavy atom. The normalized spacial score (nSPS) is 10.3. The minimum atomic E-state index is 0.196. The van der Waals surface area contributed by atoms with E-state index < -0.39 is 0 Å². The first kappa shape index (κ1) is 16.9. The zero-order valence-electron chi connectivity index (χ0n) is 14.0. The summed E-state index contributed by atoms with van der Waals surface area (Å²) < 4.78 is 5.89. The number of aryl methyl sites for hydroxylation is 1. The molecule has 3 aromatic carbocycles. The van der Waals surface area contributed by atoms with Crippen molar-refractivity contribution in [2.75, 3.05) is 0 Å². The number of hydrogen-bond donors (Lipinski definition) is 0. The van der Waals surface area contributed by atoms with Gasteiger partial charge in [-0.3, -0.25) is 0 Å². The van der Waals surface area contributed by atoms with Crippen molar-refractivity contribution in [1.29, 1.82) is 10.5 Å². The third-order valence-electron chi connectivity index (χ3n) is 3.62. The summed E-state index contributed by atoms with van der Waals surface area (Å²) in [4.78, 5) is 0. The Morgan fingerprint density at radius 3 is 2.35 bits per heavy atom. The van der Waals surface area contributed by atoms with E-state index in [1.54, 1.807) is 24.3 Å². The summed E-state index contributed by atoms with van der Waals surface area (Å²) in [6, 6.07) is 23.8. The molecule has 0 aliphatic rings. The lowest BCUT2D eigenvalue weighted by Gasteiger charge is -2.10. The van der Waals surface area contributed by atoms with Gasteiger partial charge in [0, 0.05) is 0 Å². The van der Waals surface area contributed by atoms with Crippen molar-refractivity contribution in [3.05, 3.63) is 83.4 Å². The first-order chi connectivity index (χ1) is 12.7. The average Bonchev–Trinajstić information content (AvgIpc) is 2.68. The largest absolute Gasteiger partial charge is 0.454 e. The fourth-order valence-electron chi connectivity index (χ4n) is 2.34. The maximum absolute atomic E-state index is 9.35. The molecular weight excluding hydrogens is 324 g/mol. The number of azo groups is 1. The SMILES string of the molecule is Cc1ccc(Oc2cccc(C#N)c2C#N)c(N=Nc2ccccc2)c1. The molecule has 0 aromatic heterocycles. The van der Waals surface area contributed by atoms with E-state index in [9.17, 15) is 5.26 Å². The highest BCUT2D eigenvalue weighted by Gasteiger charge is 2.12. The van der Waals surface area contributed by atoms with E-state index in [0.29, 0.717) is 17.2 Å². The van der Waals surface area contributed by atoms with Crippen LogP contribution in [0, 0.1) is 29.6 Å². The van der Waals surface area contributed by atoms with Gasteiger partial charge in [0.2, 0.25) is 0 Å². The molecule has 0 saturated heterocycles. The van der Waals surface area contributed by atoms with Crippen LogP contribution in [0.2, 0.25) is 0 Å². The molecule has 0 aliphatic carbocycles. The molecule has 0 amide bonds. The molecule has 0 unspecified atom stereocenters. The maximum Gasteiger partial charge on any atom is 0.155 e. The number of hydrogen-bond acceptors (Lipinski definition) is 5. The molecule has 0 heterocycles. The molecule has 0 atom stereocenters. The van der Waals surface area contributed by atoms with Crippen molar-refractivity contribution < 1.29 is 4.74 Å². The Bertz CT molecular complexity index is 1040. The predicted molar refractivity (Wildman–Crippen MR) is 97.7 cm³/mol. The predicted octanol–water partition coefficient (Wildman–Crippen LogP) is 5.95. The first-order valence-corrected chi connectivity index (χ1v) is 7.90. The zero-order chi connectivity index (χ0) is 18.4. The minimum absolute atomic E-state index is 0.196. The van der Waals surface area contributed by atoms with Crippen molar-refractivity contribution in [2.24, 2.45) is 10.2 Å². The van der Waals surface area contributed by atoms with E-state index in [1.807, 2.05) is 61.5 Å². The zero-order valence-corrected chi connectivity index (χ0v) is 14.0. The third-order valence-corrected chi connectivity index (χ3v) is 3.62. The molecule has 0 saturated carbocycles. The van der Waals surface area contributed by atoms with Crippen molar-refractivity contribution in [3.63, 3.8) is 0 Å². The van der Waals surface area contributed by atoms with Gasteiger partial charge in [0.25, 0.3) is 0 Å². The molecule has 0 N–H and O–H groups in total. The van der Waals surface area contributed by atoms with Crippen LogP contribution in [-0.4, -0.2) is 0 Å². The van der Waals surface area contributed by atoms with Gasteiger partial charge in [0.15, 0.2) is 5.75 Å². The summed E-state index contributed by atoms with van der Waals surface area (Å²) in [5.41, 5.74) is 2.74. The summed E-state index contributed by atoms with van der Waals surface area (Å²) in [5, 5.41) is 27.0. The van der Waals surface area contributed by atoms with Crippen LogP contribution in [0.15, 0.2) is 77.0 Å². The van der Waals surface area contributed by atoms with Crippen LogP contribution in [0.5, 0.6) is 11.5 Å².